The molecule has 6 heteroatoms. The number of nitrogens with zero attached hydrogens (tertiary/aromatic N) is 2. The van der Waals surface area contributed by atoms with Gasteiger partial charge in [-0.1, -0.05) is 13.0 Å². The molecule has 0 spiro atoms. The number of hydrogen-bond donors (Lipinski definition) is 2. The van der Waals surface area contributed by atoms with E-state index < -0.39 is 0 Å². The summed E-state index contributed by atoms with van der Waals surface area (Å²) in [6.45, 7) is 2.97. The molecule has 1 aromatic heterocycles. The Kier molecular flexibility index (Phi) is 5.38. The van der Waals surface area contributed by atoms with E-state index in [4.69, 9.17) is 0 Å². The number of halogens is 2. The molecule has 0 saturated carbocycles. The molecule has 19 heavy (non-hydrogen) atoms. The third kappa shape index (κ3) is 4.31. The first kappa shape index (κ1) is 14.5. The number of anilines is 3. The Morgan fingerprint density at radius 3 is 2.95 bits per heavy atom. The highest BCUT2D eigenvalue weighted by Crippen LogP contribution is 2.24. The van der Waals surface area contributed by atoms with Gasteiger partial charge in [-0.15, -0.1) is 0 Å². The molecule has 100 valence electrons. The lowest BCUT2D eigenvalue weighted by molar-refractivity contribution is 0.952. The lowest BCUT2D eigenvalue weighted by Crippen LogP contribution is -2.06. The van der Waals surface area contributed by atoms with E-state index in [0.717, 1.165) is 28.9 Å². The summed E-state index contributed by atoms with van der Waals surface area (Å²) in [7, 11) is 0. The van der Waals surface area contributed by atoms with Crippen LogP contribution in [0.4, 0.5) is 17.5 Å². The molecule has 0 amide bonds. The quantitative estimate of drug-likeness (QED) is 0.687. The van der Waals surface area contributed by atoms with Gasteiger partial charge in [0.1, 0.15) is 5.82 Å². The van der Waals surface area contributed by atoms with E-state index in [1.165, 1.54) is 3.57 Å². The number of rotatable bonds is 5. The average molecular weight is 433 g/mol. The van der Waals surface area contributed by atoms with Crippen LogP contribution in [0.1, 0.15) is 13.3 Å². The van der Waals surface area contributed by atoms with Crippen molar-refractivity contribution in [2.45, 2.75) is 13.3 Å². The van der Waals surface area contributed by atoms with Gasteiger partial charge < -0.3 is 10.6 Å². The van der Waals surface area contributed by atoms with Gasteiger partial charge in [-0.05, 0) is 63.1 Å². The van der Waals surface area contributed by atoms with Gasteiger partial charge in [0, 0.05) is 22.0 Å². The van der Waals surface area contributed by atoms with E-state index in [0.29, 0.717) is 5.95 Å². The number of aromatic nitrogens is 2. The minimum atomic E-state index is 0.637. The fraction of sp³-hybridized carbons (Fsp3) is 0.231. The minimum Gasteiger partial charge on any atom is -0.354 e. The predicted octanol–water partition coefficient (Wildman–Crippen LogP) is 4.41. The number of benzene rings is 1. The summed E-state index contributed by atoms with van der Waals surface area (Å²) in [6, 6.07) is 8.13. The van der Waals surface area contributed by atoms with Crippen LogP contribution >= 0.6 is 38.5 Å². The molecule has 1 aromatic carbocycles. The average Bonchev–Trinajstić information content (AvgIpc) is 2.40. The summed E-state index contributed by atoms with van der Waals surface area (Å²) in [4.78, 5) is 8.68. The Morgan fingerprint density at radius 2 is 2.21 bits per heavy atom. The third-order valence-corrected chi connectivity index (χ3v) is 3.62. The molecule has 0 aliphatic heterocycles. The van der Waals surface area contributed by atoms with Crippen molar-refractivity contribution in [2.24, 2.45) is 0 Å². The summed E-state index contributed by atoms with van der Waals surface area (Å²) in [5, 5.41) is 6.46. The highest BCUT2D eigenvalue weighted by molar-refractivity contribution is 14.1. The molecule has 4 nitrogen and oxygen atoms in total. The van der Waals surface area contributed by atoms with Crippen LogP contribution in [0.5, 0.6) is 0 Å². The zero-order valence-electron chi connectivity index (χ0n) is 10.5. The van der Waals surface area contributed by atoms with Gasteiger partial charge >= 0.3 is 0 Å². The second-order valence-corrected chi connectivity index (χ2v) is 6.05. The van der Waals surface area contributed by atoms with E-state index in [2.05, 4.69) is 78.2 Å². The van der Waals surface area contributed by atoms with Crippen molar-refractivity contribution < 1.29 is 0 Å². The predicted molar refractivity (Wildman–Crippen MR) is 91.0 cm³/mol. The van der Waals surface area contributed by atoms with Gasteiger partial charge in [0.25, 0.3) is 0 Å². The van der Waals surface area contributed by atoms with E-state index in [9.17, 15) is 0 Å². The lowest BCUT2D eigenvalue weighted by atomic mass is 10.3. The molecule has 0 aliphatic rings. The molecule has 0 fully saturated rings. The van der Waals surface area contributed by atoms with Crippen molar-refractivity contribution in [1.82, 2.24) is 9.97 Å². The fourth-order valence-corrected chi connectivity index (χ4v) is 2.31. The standard InChI is InChI=1S/C13H14BrIN4/c1-2-6-16-13-17-8-11(14)12(19-13)18-10-5-3-4-9(15)7-10/h3-5,7-8H,2,6H2,1H3,(H2,16,17,18,19). The minimum absolute atomic E-state index is 0.637. The van der Waals surface area contributed by atoms with Crippen molar-refractivity contribution in [1.29, 1.82) is 0 Å². The Bertz CT molecular complexity index is 562. The third-order valence-electron chi connectivity index (χ3n) is 2.36. The molecular formula is C13H14BrIN4. The maximum atomic E-state index is 4.45. The summed E-state index contributed by atoms with van der Waals surface area (Å²) in [5.74, 6) is 1.40. The van der Waals surface area contributed by atoms with E-state index in [1.54, 1.807) is 6.20 Å². The van der Waals surface area contributed by atoms with Crippen LogP contribution in [0.15, 0.2) is 34.9 Å². The summed E-state index contributed by atoms with van der Waals surface area (Å²) in [6.07, 6.45) is 2.79. The molecule has 0 atom stereocenters. The Labute approximate surface area is 134 Å². The summed E-state index contributed by atoms with van der Waals surface area (Å²) >= 11 is 5.74. The van der Waals surface area contributed by atoms with Crippen molar-refractivity contribution >= 4 is 56.0 Å². The maximum absolute atomic E-state index is 4.45. The van der Waals surface area contributed by atoms with Crippen molar-refractivity contribution in [2.75, 3.05) is 17.2 Å². The van der Waals surface area contributed by atoms with Gasteiger partial charge in [-0.25, -0.2) is 4.98 Å². The molecule has 0 aliphatic carbocycles. The largest absolute Gasteiger partial charge is 0.354 e. The zero-order valence-corrected chi connectivity index (χ0v) is 14.2. The molecule has 1 heterocycles. The SMILES string of the molecule is CCCNc1ncc(Br)c(Nc2cccc(I)c2)n1. The fourth-order valence-electron chi connectivity index (χ4n) is 1.48. The molecule has 0 unspecified atom stereocenters. The van der Waals surface area contributed by atoms with Crippen LogP contribution in [-0.4, -0.2) is 16.5 Å². The normalized spacial score (nSPS) is 10.3. The molecule has 0 saturated heterocycles. The lowest BCUT2D eigenvalue weighted by Gasteiger charge is -2.10. The van der Waals surface area contributed by atoms with Gasteiger partial charge in [-0.2, -0.15) is 4.98 Å². The second kappa shape index (κ2) is 7.04. The first-order chi connectivity index (χ1) is 9.19. The first-order valence-electron chi connectivity index (χ1n) is 5.98. The van der Waals surface area contributed by atoms with E-state index in [-0.39, 0.29) is 0 Å². The van der Waals surface area contributed by atoms with Crippen LogP contribution in [-0.2, 0) is 0 Å². The van der Waals surface area contributed by atoms with Crippen LogP contribution in [0.3, 0.4) is 0 Å². The number of hydrogen-bond acceptors (Lipinski definition) is 4. The van der Waals surface area contributed by atoms with E-state index >= 15 is 0 Å². The van der Waals surface area contributed by atoms with Crippen molar-refractivity contribution in [3.05, 3.63) is 38.5 Å². The molecular weight excluding hydrogens is 419 g/mol. The second-order valence-electron chi connectivity index (χ2n) is 3.95. The highest BCUT2D eigenvalue weighted by Gasteiger charge is 2.05. The molecule has 2 rings (SSSR count). The monoisotopic (exact) mass is 432 g/mol. The van der Waals surface area contributed by atoms with Gasteiger partial charge in [0.15, 0.2) is 0 Å². The van der Waals surface area contributed by atoms with Crippen molar-refractivity contribution in [3.63, 3.8) is 0 Å². The van der Waals surface area contributed by atoms with Crippen LogP contribution in [0.2, 0.25) is 0 Å². The van der Waals surface area contributed by atoms with Crippen LogP contribution in [0, 0.1) is 3.57 Å². The molecule has 2 aromatic rings. The van der Waals surface area contributed by atoms with Gasteiger partial charge in [0.2, 0.25) is 5.95 Å². The van der Waals surface area contributed by atoms with Gasteiger partial charge in [-0.3, -0.25) is 0 Å². The summed E-state index contributed by atoms with van der Waals surface area (Å²) in [5.41, 5.74) is 1.01. The topological polar surface area (TPSA) is 49.8 Å². The maximum Gasteiger partial charge on any atom is 0.224 e. The smallest absolute Gasteiger partial charge is 0.224 e. The van der Waals surface area contributed by atoms with Crippen LogP contribution < -0.4 is 10.6 Å². The first-order valence-corrected chi connectivity index (χ1v) is 7.85. The molecule has 0 radical (unpaired) electrons. The van der Waals surface area contributed by atoms with Crippen LogP contribution in [0.25, 0.3) is 0 Å². The Morgan fingerprint density at radius 1 is 1.37 bits per heavy atom. The molecule has 0 bridgehead atoms. The zero-order chi connectivity index (χ0) is 13.7. The van der Waals surface area contributed by atoms with Gasteiger partial charge in [0.05, 0.1) is 4.47 Å². The van der Waals surface area contributed by atoms with E-state index in [1.807, 2.05) is 12.1 Å². The Hall–Kier alpha value is -0.890. The van der Waals surface area contributed by atoms with Crippen molar-refractivity contribution in [3.8, 4) is 0 Å². The Balaban J connectivity index is 2.19. The number of nitrogens with one attached hydrogen (secondary N) is 2. The molecule has 2 N–H and O–H groups in total. The highest BCUT2D eigenvalue weighted by atomic mass is 127. The summed E-state index contributed by atoms with van der Waals surface area (Å²) < 4.78 is 2.02.